The zero-order chi connectivity index (χ0) is 14.8. The molecule has 5 atom stereocenters. The molecule has 0 aromatic rings. The Balaban J connectivity index is 2.08. The molecule has 1 heterocycles. The minimum absolute atomic E-state index is 0.0519. The van der Waals surface area contributed by atoms with Gasteiger partial charge in [0, 0.05) is 11.3 Å². The van der Waals surface area contributed by atoms with E-state index in [1.165, 1.54) is 0 Å². The van der Waals surface area contributed by atoms with Crippen LogP contribution in [0.5, 0.6) is 0 Å². The van der Waals surface area contributed by atoms with E-state index < -0.39 is 11.9 Å². The van der Waals surface area contributed by atoms with E-state index >= 15 is 0 Å². The summed E-state index contributed by atoms with van der Waals surface area (Å²) in [5, 5.41) is 10.5. The van der Waals surface area contributed by atoms with Crippen molar-refractivity contribution in [3.05, 3.63) is 12.2 Å². The first-order valence-corrected chi connectivity index (χ1v) is 7.85. The summed E-state index contributed by atoms with van der Waals surface area (Å²) in [5.74, 6) is -0.0139. The normalized spacial score (nSPS) is 49.3. The van der Waals surface area contributed by atoms with E-state index in [-0.39, 0.29) is 22.9 Å². The van der Waals surface area contributed by atoms with Gasteiger partial charge < -0.3 is 14.6 Å². The van der Waals surface area contributed by atoms with Gasteiger partial charge >= 0.3 is 0 Å². The summed E-state index contributed by atoms with van der Waals surface area (Å²) in [6, 6.07) is 0. The third-order valence-corrected chi connectivity index (χ3v) is 6.01. The van der Waals surface area contributed by atoms with E-state index in [4.69, 9.17) is 9.47 Å². The van der Waals surface area contributed by atoms with Crippen molar-refractivity contribution in [2.24, 2.45) is 22.7 Å². The lowest BCUT2D eigenvalue weighted by Crippen LogP contribution is -2.58. The van der Waals surface area contributed by atoms with Crippen molar-refractivity contribution in [2.75, 3.05) is 6.61 Å². The smallest absolute Gasteiger partial charge is 0.163 e. The maximum absolute atomic E-state index is 10.5. The maximum Gasteiger partial charge on any atom is 0.163 e. The summed E-state index contributed by atoms with van der Waals surface area (Å²) in [5.41, 5.74) is 0.196. The first-order chi connectivity index (χ1) is 9.17. The van der Waals surface area contributed by atoms with E-state index in [1.54, 1.807) is 0 Å². The Labute approximate surface area is 122 Å². The van der Waals surface area contributed by atoms with Crippen molar-refractivity contribution in [1.82, 2.24) is 0 Å². The lowest BCUT2D eigenvalue weighted by atomic mass is 9.49. The molecule has 1 saturated heterocycles. The quantitative estimate of drug-likeness (QED) is 0.693. The van der Waals surface area contributed by atoms with Gasteiger partial charge in [-0.25, -0.2) is 0 Å². The fraction of sp³-hybridized carbons (Fsp3) is 0.882. The van der Waals surface area contributed by atoms with Crippen LogP contribution in [0.25, 0.3) is 0 Å². The maximum atomic E-state index is 10.5. The lowest BCUT2D eigenvalue weighted by Gasteiger charge is -2.58. The lowest BCUT2D eigenvalue weighted by molar-refractivity contribution is -0.245. The highest BCUT2D eigenvalue weighted by molar-refractivity contribution is 5.19. The predicted molar refractivity (Wildman–Crippen MR) is 78.2 cm³/mol. The Morgan fingerprint density at radius 2 is 1.80 bits per heavy atom. The van der Waals surface area contributed by atoms with Gasteiger partial charge in [-0.05, 0) is 38.0 Å². The van der Waals surface area contributed by atoms with E-state index in [0.29, 0.717) is 12.5 Å². The van der Waals surface area contributed by atoms with Gasteiger partial charge in [-0.1, -0.05) is 32.9 Å². The van der Waals surface area contributed by atoms with Crippen LogP contribution in [0.3, 0.4) is 0 Å². The third-order valence-electron chi connectivity index (χ3n) is 6.01. The van der Waals surface area contributed by atoms with Gasteiger partial charge in [0.2, 0.25) is 0 Å². The number of hydrogen-bond acceptors (Lipinski definition) is 3. The second kappa shape index (κ2) is 4.31. The monoisotopic (exact) mass is 280 g/mol. The number of aliphatic hydroxyl groups excluding tert-OH is 1. The first kappa shape index (κ1) is 14.6. The van der Waals surface area contributed by atoms with Gasteiger partial charge in [0.25, 0.3) is 0 Å². The van der Waals surface area contributed by atoms with Crippen molar-refractivity contribution in [2.45, 2.75) is 65.5 Å². The second-order valence-corrected chi connectivity index (χ2v) is 8.17. The van der Waals surface area contributed by atoms with Crippen LogP contribution in [0.2, 0.25) is 0 Å². The molecule has 0 radical (unpaired) electrons. The van der Waals surface area contributed by atoms with E-state index in [9.17, 15) is 5.11 Å². The average molecular weight is 280 g/mol. The van der Waals surface area contributed by atoms with Crippen LogP contribution in [0.4, 0.5) is 0 Å². The molecule has 0 unspecified atom stereocenters. The number of ether oxygens (including phenoxy) is 2. The molecule has 0 aromatic carbocycles. The molecule has 0 bridgehead atoms. The van der Waals surface area contributed by atoms with Crippen LogP contribution in [-0.4, -0.2) is 29.7 Å². The Bertz CT molecular complexity index is 426. The van der Waals surface area contributed by atoms with Gasteiger partial charge in [0.05, 0.1) is 18.8 Å². The molecule has 3 aliphatic rings. The minimum Gasteiger partial charge on any atom is -0.389 e. The Kier molecular flexibility index (Phi) is 3.14. The van der Waals surface area contributed by atoms with Gasteiger partial charge in [0.15, 0.2) is 5.79 Å². The molecule has 20 heavy (non-hydrogen) atoms. The van der Waals surface area contributed by atoms with Crippen LogP contribution in [-0.2, 0) is 9.47 Å². The summed E-state index contributed by atoms with van der Waals surface area (Å²) < 4.78 is 12.3. The number of aliphatic hydroxyl groups is 1. The number of hydrogen-bond donors (Lipinski definition) is 1. The third kappa shape index (κ3) is 1.98. The molecule has 114 valence electrons. The Morgan fingerprint density at radius 1 is 1.10 bits per heavy atom. The Hall–Kier alpha value is -0.380. The molecule has 1 saturated carbocycles. The topological polar surface area (TPSA) is 38.7 Å². The van der Waals surface area contributed by atoms with Gasteiger partial charge in [-0.2, -0.15) is 0 Å². The molecule has 0 aromatic heterocycles. The van der Waals surface area contributed by atoms with Crippen LogP contribution >= 0.6 is 0 Å². The summed E-state index contributed by atoms with van der Waals surface area (Å²) in [6.07, 6.45) is 6.14. The second-order valence-electron chi connectivity index (χ2n) is 8.17. The fourth-order valence-corrected chi connectivity index (χ4v) is 4.81. The molecule has 3 rings (SSSR count). The molecule has 1 aliphatic heterocycles. The standard InChI is InChI=1S/C17H28O3/c1-15(2)9-8-14-17(5)11(10-19-16(3,4)20-14)12(18)6-7-13(15)17/h6-7,11-14,18H,8-10H2,1-5H3/t11-,12+,13+,14+,17-/m1/s1. The Morgan fingerprint density at radius 3 is 2.50 bits per heavy atom. The predicted octanol–water partition coefficient (Wildman–Crippen LogP) is 3.13. The first-order valence-electron chi connectivity index (χ1n) is 7.85. The highest BCUT2D eigenvalue weighted by atomic mass is 16.7. The minimum atomic E-state index is -0.559. The van der Waals surface area contributed by atoms with Crippen LogP contribution < -0.4 is 0 Å². The van der Waals surface area contributed by atoms with Crippen molar-refractivity contribution >= 4 is 0 Å². The summed E-state index contributed by atoms with van der Waals surface area (Å²) >= 11 is 0. The fourth-order valence-electron chi connectivity index (χ4n) is 4.81. The van der Waals surface area contributed by atoms with Gasteiger partial charge in [0.1, 0.15) is 0 Å². The molecule has 0 amide bonds. The van der Waals surface area contributed by atoms with Gasteiger partial charge in [-0.15, -0.1) is 0 Å². The number of allylic oxidation sites excluding steroid dienone is 1. The largest absolute Gasteiger partial charge is 0.389 e. The molecular weight excluding hydrogens is 252 g/mol. The SMILES string of the molecule is CC1(C)OC[C@@H]2[C@@H](O)C=C[C@H]3C(C)(C)CC[C@H](O1)[C@]23C. The summed E-state index contributed by atoms with van der Waals surface area (Å²) in [4.78, 5) is 0. The molecule has 2 fully saturated rings. The number of rotatable bonds is 0. The van der Waals surface area contributed by atoms with Crippen LogP contribution in [0.15, 0.2) is 12.2 Å². The molecule has 2 aliphatic carbocycles. The average Bonchev–Trinajstić information content (AvgIpc) is 2.41. The van der Waals surface area contributed by atoms with Crippen molar-refractivity contribution in [3.8, 4) is 0 Å². The summed E-state index contributed by atoms with van der Waals surface area (Å²) in [7, 11) is 0. The summed E-state index contributed by atoms with van der Waals surface area (Å²) in [6.45, 7) is 11.5. The zero-order valence-corrected chi connectivity index (χ0v) is 13.3. The molecule has 0 spiro atoms. The molecule has 3 heteroatoms. The van der Waals surface area contributed by atoms with Crippen molar-refractivity contribution < 1.29 is 14.6 Å². The van der Waals surface area contributed by atoms with E-state index in [1.807, 2.05) is 19.9 Å². The van der Waals surface area contributed by atoms with Crippen molar-refractivity contribution in [3.63, 3.8) is 0 Å². The van der Waals surface area contributed by atoms with E-state index in [0.717, 1.165) is 12.8 Å². The van der Waals surface area contributed by atoms with Crippen LogP contribution in [0, 0.1) is 22.7 Å². The molecule has 3 nitrogen and oxygen atoms in total. The van der Waals surface area contributed by atoms with Crippen LogP contribution in [0.1, 0.15) is 47.5 Å². The van der Waals surface area contributed by atoms with Gasteiger partial charge in [-0.3, -0.25) is 0 Å². The molecule has 1 N–H and O–H groups in total. The molecular formula is C17H28O3. The zero-order valence-electron chi connectivity index (χ0n) is 13.3. The van der Waals surface area contributed by atoms with E-state index in [2.05, 4.69) is 26.8 Å². The highest BCUT2D eigenvalue weighted by Crippen LogP contribution is 2.60. The van der Waals surface area contributed by atoms with Crippen molar-refractivity contribution in [1.29, 1.82) is 0 Å². The highest BCUT2D eigenvalue weighted by Gasteiger charge is 2.60.